The zero-order valence-corrected chi connectivity index (χ0v) is 15.2. The first-order valence-corrected chi connectivity index (χ1v) is 8.78. The second-order valence-electron chi connectivity index (χ2n) is 6.50. The molecule has 0 spiro atoms. The predicted octanol–water partition coefficient (Wildman–Crippen LogP) is 4.81. The van der Waals surface area contributed by atoms with Crippen LogP contribution in [0.2, 0.25) is 0 Å². The van der Waals surface area contributed by atoms with Gasteiger partial charge in [0, 0.05) is 12.1 Å². The fourth-order valence-electron chi connectivity index (χ4n) is 2.03. The van der Waals surface area contributed by atoms with Crippen molar-refractivity contribution in [3.8, 4) is 0 Å². The Balaban J connectivity index is 1.95. The number of carbonyl (C=O) groups is 2. The molecule has 134 valence electrons. The van der Waals surface area contributed by atoms with Gasteiger partial charge in [-0.05, 0) is 67.8 Å². The highest BCUT2D eigenvalue weighted by atomic mass is 32.1. The first kappa shape index (κ1) is 18.9. The standard InChI is InChI=1S/C18H21FN2O3S/c1-18(2,3)24-17(23)21-15-10-13(5-6-14(15)19)20-16(22)7-4-12-8-9-25-11-12/h5-6,8-11H,4,7H2,1-3H3,(H,20,22)(H,21,23). The Labute approximate surface area is 150 Å². The minimum atomic E-state index is -0.757. The summed E-state index contributed by atoms with van der Waals surface area (Å²) in [6.45, 7) is 5.15. The zero-order chi connectivity index (χ0) is 18.4. The van der Waals surface area contributed by atoms with Crippen LogP contribution in [0.15, 0.2) is 35.0 Å². The number of aryl methyl sites for hydroxylation is 1. The second-order valence-corrected chi connectivity index (χ2v) is 7.28. The van der Waals surface area contributed by atoms with Crippen molar-refractivity contribution in [2.75, 3.05) is 10.6 Å². The molecule has 2 rings (SSSR count). The Bertz CT molecular complexity index is 739. The minimum absolute atomic E-state index is 0.0510. The average molecular weight is 364 g/mol. The summed E-state index contributed by atoms with van der Waals surface area (Å²) in [4.78, 5) is 23.8. The molecule has 0 bridgehead atoms. The summed E-state index contributed by atoms with van der Waals surface area (Å²) >= 11 is 1.58. The normalized spacial score (nSPS) is 11.0. The van der Waals surface area contributed by atoms with Gasteiger partial charge in [0.25, 0.3) is 0 Å². The van der Waals surface area contributed by atoms with Crippen LogP contribution in [0.4, 0.5) is 20.6 Å². The lowest BCUT2D eigenvalue weighted by Crippen LogP contribution is -2.27. The SMILES string of the molecule is CC(C)(C)OC(=O)Nc1cc(NC(=O)CCc2ccsc2)ccc1F. The van der Waals surface area contributed by atoms with Crippen LogP contribution in [0.25, 0.3) is 0 Å². The summed E-state index contributed by atoms with van der Waals surface area (Å²) in [6, 6.07) is 5.96. The van der Waals surface area contributed by atoms with Gasteiger partial charge in [-0.1, -0.05) is 0 Å². The number of thiophene rings is 1. The Morgan fingerprint density at radius 3 is 2.60 bits per heavy atom. The fraction of sp³-hybridized carbons (Fsp3) is 0.333. The van der Waals surface area contributed by atoms with Crippen LogP contribution < -0.4 is 10.6 Å². The summed E-state index contributed by atoms with van der Waals surface area (Å²) in [5.41, 5.74) is 0.771. The van der Waals surface area contributed by atoms with E-state index in [9.17, 15) is 14.0 Å². The maximum atomic E-state index is 13.9. The molecule has 7 heteroatoms. The number of hydrogen-bond acceptors (Lipinski definition) is 4. The maximum Gasteiger partial charge on any atom is 0.412 e. The van der Waals surface area contributed by atoms with E-state index in [0.29, 0.717) is 18.5 Å². The zero-order valence-electron chi connectivity index (χ0n) is 14.4. The van der Waals surface area contributed by atoms with E-state index >= 15 is 0 Å². The van der Waals surface area contributed by atoms with Gasteiger partial charge in [0.05, 0.1) is 5.69 Å². The molecular weight excluding hydrogens is 343 g/mol. The van der Waals surface area contributed by atoms with Gasteiger partial charge in [-0.3, -0.25) is 10.1 Å². The molecule has 5 nitrogen and oxygen atoms in total. The number of anilines is 2. The second kappa shape index (κ2) is 8.11. The number of ether oxygens (including phenoxy) is 1. The number of nitrogens with one attached hydrogen (secondary N) is 2. The third-order valence-electron chi connectivity index (χ3n) is 3.11. The third kappa shape index (κ3) is 6.54. The van der Waals surface area contributed by atoms with Gasteiger partial charge in [-0.2, -0.15) is 11.3 Å². The first-order valence-electron chi connectivity index (χ1n) is 7.83. The van der Waals surface area contributed by atoms with Crippen LogP contribution in [0.3, 0.4) is 0 Å². The number of amides is 2. The van der Waals surface area contributed by atoms with Crippen LogP contribution >= 0.6 is 11.3 Å². The third-order valence-corrected chi connectivity index (χ3v) is 3.84. The monoisotopic (exact) mass is 364 g/mol. The molecule has 0 unspecified atom stereocenters. The molecule has 1 heterocycles. The number of benzene rings is 1. The van der Waals surface area contributed by atoms with E-state index in [4.69, 9.17) is 4.74 Å². The molecule has 2 amide bonds. The lowest BCUT2D eigenvalue weighted by molar-refractivity contribution is -0.116. The van der Waals surface area contributed by atoms with Gasteiger partial charge in [0.1, 0.15) is 11.4 Å². The lowest BCUT2D eigenvalue weighted by Gasteiger charge is -2.20. The highest BCUT2D eigenvalue weighted by molar-refractivity contribution is 7.07. The molecule has 1 aromatic carbocycles. The van der Waals surface area contributed by atoms with Crippen molar-refractivity contribution in [2.24, 2.45) is 0 Å². The van der Waals surface area contributed by atoms with Crippen molar-refractivity contribution >= 4 is 34.7 Å². The fourth-order valence-corrected chi connectivity index (χ4v) is 2.73. The first-order chi connectivity index (χ1) is 11.7. The molecule has 2 N–H and O–H groups in total. The van der Waals surface area contributed by atoms with Crippen LogP contribution in [-0.2, 0) is 16.0 Å². The van der Waals surface area contributed by atoms with Crippen LogP contribution in [0, 0.1) is 5.82 Å². The molecule has 0 fully saturated rings. The topological polar surface area (TPSA) is 67.4 Å². The van der Waals surface area contributed by atoms with E-state index in [2.05, 4.69) is 10.6 Å². The summed E-state index contributed by atoms with van der Waals surface area (Å²) in [5.74, 6) is -0.789. The number of rotatable bonds is 5. The van der Waals surface area contributed by atoms with Gasteiger partial charge in [0.15, 0.2) is 0 Å². The van der Waals surface area contributed by atoms with Crippen molar-refractivity contribution in [3.05, 3.63) is 46.4 Å². The van der Waals surface area contributed by atoms with Gasteiger partial charge < -0.3 is 10.1 Å². The predicted molar refractivity (Wildman–Crippen MR) is 97.5 cm³/mol. The van der Waals surface area contributed by atoms with E-state index in [1.54, 1.807) is 32.1 Å². The van der Waals surface area contributed by atoms with Gasteiger partial charge in [-0.25, -0.2) is 9.18 Å². The minimum Gasteiger partial charge on any atom is -0.444 e. The van der Waals surface area contributed by atoms with E-state index < -0.39 is 17.5 Å². The smallest absolute Gasteiger partial charge is 0.412 e. The highest BCUT2D eigenvalue weighted by Crippen LogP contribution is 2.21. The number of halogens is 1. The molecule has 0 aliphatic carbocycles. The molecule has 25 heavy (non-hydrogen) atoms. The van der Waals surface area contributed by atoms with E-state index in [1.165, 1.54) is 18.2 Å². The van der Waals surface area contributed by atoms with E-state index in [-0.39, 0.29) is 11.6 Å². The summed E-state index contributed by atoms with van der Waals surface area (Å²) in [6.07, 6.45) is 0.204. The van der Waals surface area contributed by atoms with Gasteiger partial charge >= 0.3 is 6.09 Å². The van der Waals surface area contributed by atoms with Gasteiger partial charge in [-0.15, -0.1) is 0 Å². The molecule has 0 saturated heterocycles. The van der Waals surface area contributed by atoms with Crippen LogP contribution in [0.5, 0.6) is 0 Å². The molecule has 0 radical (unpaired) electrons. The Kier molecular flexibility index (Phi) is 6.14. The van der Waals surface area contributed by atoms with Crippen molar-refractivity contribution in [2.45, 2.75) is 39.2 Å². The average Bonchev–Trinajstić information content (AvgIpc) is 3.00. The number of hydrogen-bond donors (Lipinski definition) is 2. The molecular formula is C18H21FN2O3S. The van der Waals surface area contributed by atoms with Crippen molar-refractivity contribution in [1.82, 2.24) is 0 Å². The molecule has 2 aromatic rings. The number of carbonyl (C=O) groups excluding carboxylic acids is 2. The highest BCUT2D eigenvalue weighted by Gasteiger charge is 2.17. The van der Waals surface area contributed by atoms with Crippen LogP contribution in [-0.4, -0.2) is 17.6 Å². The summed E-state index contributed by atoms with van der Waals surface area (Å²) in [5, 5.41) is 9.00. The van der Waals surface area contributed by atoms with Gasteiger partial charge in [0.2, 0.25) is 5.91 Å². The van der Waals surface area contributed by atoms with Crippen molar-refractivity contribution in [1.29, 1.82) is 0 Å². The Hall–Kier alpha value is -2.41. The van der Waals surface area contributed by atoms with Crippen molar-refractivity contribution in [3.63, 3.8) is 0 Å². The van der Waals surface area contributed by atoms with E-state index in [0.717, 1.165) is 5.56 Å². The lowest BCUT2D eigenvalue weighted by atomic mass is 10.2. The van der Waals surface area contributed by atoms with Crippen molar-refractivity contribution < 1.29 is 18.7 Å². The molecule has 0 aliphatic heterocycles. The Morgan fingerprint density at radius 1 is 1.20 bits per heavy atom. The summed E-state index contributed by atoms with van der Waals surface area (Å²) < 4.78 is 18.9. The quantitative estimate of drug-likeness (QED) is 0.800. The largest absolute Gasteiger partial charge is 0.444 e. The summed E-state index contributed by atoms with van der Waals surface area (Å²) in [7, 11) is 0. The van der Waals surface area contributed by atoms with Crippen LogP contribution in [0.1, 0.15) is 32.8 Å². The molecule has 0 aliphatic rings. The molecule has 1 aromatic heterocycles. The maximum absolute atomic E-state index is 13.9. The van der Waals surface area contributed by atoms with E-state index in [1.807, 2.05) is 16.8 Å². The molecule has 0 atom stereocenters. The molecule has 0 saturated carbocycles. The Morgan fingerprint density at radius 2 is 1.96 bits per heavy atom.